The fourth-order valence-electron chi connectivity index (χ4n) is 1.48. The average molecular weight is 271 g/mol. The molecule has 0 aliphatic rings. The number of nitrogens with zero attached hydrogens (tertiary/aromatic N) is 4. The quantitative estimate of drug-likeness (QED) is 0.931. The molecule has 0 radical (unpaired) electrons. The molecule has 1 N–H and O–H groups in total. The Balaban J connectivity index is 2.51. The molecule has 0 spiro atoms. The molecule has 5 nitrogen and oxygen atoms in total. The van der Waals surface area contributed by atoms with Crippen LogP contribution in [0.25, 0.3) is 5.82 Å². The average Bonchev–Trinajstić information content (AvgIpc) is 2.75. The monoisotopic (exact) mass is 271 g/mol. The number of alkyl halides is 3. The van der Waals surface area contributed by atoms with Gasteiger partial charge in [0, 0.05) is 18.8 Å². The summed E-state index contributed by atoms with van der Waals surface area (Å²) in [5, 5.41) is 6.71. The molecule has 19 heavy (non-hydrogen) atoms. The number of hydrogen-bond donors (Lipinski definition) is 1. The number of aryl methyl sites for hydroxylation is 1. The predicted octanol–water partition coefficient (Wildman–Crippen LogP) is 2.42. The lowest BCUT2D eigenvalue weighted by Gasteiger charge is -2.10. The second-order valence-electron chi connectivity index (χ2n) is 3.86. The molecule has 0 aliphatic heterocycles. The number of rotatable bonds is 3. The van der Waals surface area contributed by atoms with E-state index in [4.69, 9.17) is 0 Å². The molecule has 0 saturated heterocycles. The predicted molar refractivity (Wildman–Crippen MR) is 63.1 cm³/mol. The van der Waals surface area contributed by atoms with Gasteiger partial charge in [-0.25, -0.2) is 9.67 Å². The zero-order valence-corrected chi connectivity index (χ0v) is 10.4. The molecule has 102 valence electrons. The Kier molecular flexibility index (Phi) is 3.41. The van der Waals surface area contributed by atoms with Crippen molar-refractivity contribution in [3.8, 4) is 5.82 Å². The zero-order chi connectivity index (χ0) is 14.0. The van der Waals surface area contributed by atoms with Gasteiger partial charge in [0.2, 0.25) is 5.95 Å². The summed E-state index contributed by atoms with van der Waals surface area (Å²) in [6.45, 7) is 3.92. The second-order valence-corrected chi connectivity index (χ2v) is 3.86. The van der Waals surface area contributed by atoms with Crippen LogP contribution in [-0.2, 0) is 6.18 Å². The van der Waals surface area contributed by atoms with Gasteiger partial charge >= 0.3 is 6.18 Å². The van der Waals surface area contributed by atoms with E-state index < -0.39 is 11.9 Å². The minimum Gasteiger partial charge on any atom is -0.354 e. The minimum absolute atomic E-state index is 0.0690. The van der Waals surface area contributed by atoms with E-state index in [1.54, 1.807) is 26.1 Å². The largest absolute Gasteiger partial charge is 0.433 e. The van der Waals surface area contributed by atoms with E-state index in [9.17, 15) is 13.2 Å². The van der Waals surface area contributed by atoms with Crippen molar-refractivity contribution in [2.45, 2.75) is 20.0 Å². The summed E-state index contributed by atoms with van der Waals surface area (Å²) in [6, 6.07) is 2.55. The van der Waals surface area contributed by atoms with E-state index in [-0.39, 0.29) is 11.8 Å². The maximum atomic E-state index is 12.8. The van der Waals surface area contributed by atoms with Crippen LogP contribution >= 0.6 is 0 Å². The van der Waals surface area contributed by atoms with Crippen molar-refractivity contribution < 1.29 is 13.2 Å². The molecule has 2 rings (SSSR count). The standard InChI is InChI=1S/C11H12F3N5/c1-3-15-10-16-8(11(12,13)14)6-9(17-10)19-5-4-7(2)18-19/h4-6H,3H2,1-2H3,(H,15,16,17). The molecule has 0 aliphatic carbocycles. The summed E-state index contributed by atoms with van der Waals surface area (Å²) in [7, 11) is 0. The molecule has 0 bridgehead atoms. The maximum Gasteiger partial charge on any atom is 0.433 e. The molecule has 2 heterocycles. The van der Waals surface area contributed by atoms with Crippen LogP contribution in [0.1, 0.15) is 18.3 Å². The highest BCUT2D eigenvalue weighted by atomic mass is 19.4. The normalized spacial score (nSPS) is 11.6. The Labute approximate surface area is 107 Å². The Morgan fingerprint density at radius 2 is 2.05 bits per heavy atom. The molecule has 0 saturated carbocycles. The van der Waals surface area contributed by atoms with Crippen LogP contribution in [0.15, 0.2) is 18.3 Å². The topological polar surface area (TPSA) is 55.6 Å². The molecule has 8 heteroatoms. The van der Waals surface area contributed by atoms with Gasteiger partial charge < -0.3 is 5.32 Å². The molecular weight excluding hydrogens is 259 g/mol. The fraction of sp³-hybridized carbons (Fsp3) is 0.364. The molecule has 0 atom stereocenters. The van der Waals surface area contributed by atoms with Crippen molar-refractivity contribution in [3.63, 3.8) is 0 Å². The summed E-state index contributed by atoms with van der Waals surface area (Å²) in [6.07, 6.45) is -2.97. The molecule has 2 aromatic rings. The van der Waals surface area contributed by atoms with E-state index >= 15 is 0 Å². The van der Waals surface area contributed by atoms with Gasteiger partial charge in [0.25, 0.3) is 0 Å². The van der Waals surface area contributed by atoms with Crippen molar-refractivity contribution in [2.24, 2.45) is 0 Å². The van der Waals surface area contributed by atoms with Crippen molar-refractivity contribution in [2.75, 3.05) is 11.9 Å². The summed E-state index contributed by atoms with van der Waals surface area (Å²) in [5.74, 6) is 0.00635. The van der Waals surface area contributed by atoms with E-state index in [1.165, 1.54) is 4.68 Å². The fourth-order valence-corrected chi connectivity index (χ4v) is 1.48. The van der Waals surface area contributed by atoms with Gasteiger partial charge in [0.05, 0.1) is 5.69 Å². The first-order valence-corrected chi connectivity index (χ1v) is 5.63. The molecule has 0 fully saturated rings. The van der Waals surface area contributed by atoms with Crippen molar-refractivity contribution >= 4 is 5.95 Å². The van der Waals surface area contributed by atoms with Gasteiger partial charge in [0.1, 0.15) is 0 Å². The number of halogens is 3. The van der Waals surface area contributed by atoms with E-state index in [0.717, 1.165) is 6.07 Å². The van der Waals surface area contributed by atoms with Gasteiger partial charge in [-0.2, -0.15) is 23.3 Å². The lowest BCUT2D eigenvalue weighted by atomic mass is 10.4. The second kappa shape index (κ2) is 4.87. The van der Waals surface area contributed by atoms with Crippen LogP contribution in [0.2, 0.25) is 0 Å². The summed E-state index contributed by atoms with van der Waals surface area (Å²) < 4.78 is 39.6. The summed E-state index contributed by atoms with van der Waals surface area (Å²) >= 11 is 0. The minimum atomic E-state index is -4.52. The Morgan fingerprint density at radius 1 is 1.32 bits per heavy atom. The first kappa shape index (κ1) is 13.3. The van der Waals surface area contributed by atoms with Crippen molar-refractivity contribution in [1.29, 1.82) is 0 Å². The van der Waals surface area contributed by atoms with Crippen LogP contribution in [-0.4, -0.2) is 26.3 Å². The molecular formula is C11H12F3N5. The maximum absolute atomic E-state index is 12.8. The van der Waals surface area contributed by atoms with Crippen molar-refractivity contribution in [3.05, 3.63) is 29.7 Å². The first-order valence-electron chi connectivity index (χ1n) is 5.63. The van der Waals surface area contributed by atoms with Crippen molar-refractivity contribution in [1.82, 2.24) is 19.7 Å². The smallest absolute Gasteiger partial charge is 0.354 e. The number of anilines is 1. The van der Waals surface area contributed by atoms with Crippen LogP contribution < -0.4 is 5.32 Å². The third-order valence-corrected chi connectivity index (χ3v) is 2.30. The molecule has 0 unspecified atom stereocenters. The Bertz CT molecular complexity index is 576. The lowest BCUT2D eigenvalue weighted by molar-refractivity contribution is -0.141. The van der Waals surface area contributed by atoms with Crippen LogP contribution in [0.4, 0.5) is 19.1 Å². The number of hydrogen-bond acceptors (Lipinski definition) is 4. The van der Waals surface area contributed by atoms with Gasteiger partial charge in [-0.05, 0) is 19.9 Å². The van der Waals surface area contributed by atoms with Crippen LogP contribution in [0.3, 0.4) is 0 Å². The highest BCUT2D eigenvalue weighted by molar-refractivity contribution is 5.35. The first-order chi connectivity index (χ1) is 8.90. The number of aromatic nitrogens is 4. The van der Waals surface area contributed by atoms with Gasteiger partial charge in [-0.1, -0.05) is 0 Å². The van der Waals surface area contributed by atoms with E-state index in [0.29, 0.717) is 12.2 Å². The highest BCUT2D eigenvalue weighted by Gasteiger charge is 2.34. The third kappa shape index (κ3) is 3.01. The van der Waals surface area contributed by atoms with E-state index in [1.807, 2.05) is 0 Å². The SMILES string of the molecule is CCNc1nc(-n2ccc(C)n2)cc(C(F)(F)F)n1. The highest BCUT2D eigenvalue weighted by Crippen LogP contribution is 2.29. The summed E-state index contributed by atoms with van der Waals surface area (Å²) in [5.41, 5.74) is -0.307. The van der Waals surface area contributed by atoms with Crippen LogP contribution in [0, 0.1) is 6.92 Å². The Hall–Kier alpha value is -2.12. The van der Waals surface area contributed by atoms with Gasteiger partial charge in [-0.15, -0.1) is 0 Å². The Morgan fingerprint density at radius 3 is 2.58 bits per heavy atom. The number of nitrogens with one attached hydrogen (secondary N) is 1. The lowest BCUT2D eigenvalue weighted by Crippen LogP contribution is -2.14. The molecule has 0 aromatic carbocycles. The summed E-state index contributed by atoms with van der Waals surface area (Å²) in [4.78, 5) is 7.44. The van der Waals surface area contributed by atoms with E-state index in [2.05, 4.69) is 20.4 Å². The molecule has 2 aromatic heterocycles. The van der Waals surface area contributed by atoms with Crippen LogP contribution in [0.5, 0.6) is 0 Å². The third-order valence-electron chi connectivity index (χ3n) is 2.30. The zero-order valence-electron chi connectivity index (χ0n) is 10.4. The van der Waals surface area contributed by atoms with Gasteiger partial charge in [-0.3, -0.25) is 0 Å². The molecule has 0 amide bonds. The van der Waals surface area contributed by atoms with Gasteiger partial charge in [0.15, 0.2) is 11.5 Å².